The molecule has 0 heterocycles. The number of methoxy groups -OCH3 is 2. The molecule has 2 aliphatic carbocycles. The van der Waals surface area contributed by atoms with E-state index in [1.807, 2.05) is 19.1 Å². The smallest absolute Gasteiger partial charge is 0.309 e. The van der Waals surface area contributed by atoms with Crippen molar-refractivity contribution >= 4 is 5.97 Å². The first-order chi connectivity index (χ1) is 15.0. The van der Waals surface area contributed by atoms with Gasteiger partial charge in [-0.25, -0.2) is 4.39 Å². The summed E-state index contributed by atoms with van der Waals surface area (Å²) in [5.74, 6) is 2.36. The van der Waals surface area contributed by atoms with Crippen LogP contribution in [-0.2, 0) is 9.53 Å². The molecule has 0 bridgehead atoms. The van der Waals surface area contributed by atoms with Crippen molar-refractivity contribution in [2.45, 2.75) is 44.4 Å². The molecule has 0 amide bonds. The van der Waals surface area contributed by atoms with Crippen LogP contribution in [0.1, 0.15) is 55.6 Å². The largest absolute Gasteiger partial charge is 0.497 e. The van der Waals surface area contributed by atoms with E-state index in [0.29, 0.717) is 24.2 Å². The van der Waals surface area contributed by atoms with Crippen molar-refractivity contribution in [1.29, 1.82) is 0 Å². The molecule has 2 aromatic rings. The number of benzene rings is 2. The minimum Gasteiger partial charge on any atom is -0.497 e. The lowest BCUT2D eigenvalue weighted by atomic mass is 9.71. The molecule has 31 heavy (non-hydrogen) atoms. The Kier molecular flexibility index (Phi) is 6.49. The van der Waals surface area contributed by atoms with E-state index in [1.165, 1.54) is 13.2 Å². The predicted octanol–water partition coefficient (Wildman–Crippen LogP) is 5.71. The molecular formula is C26H31FO4. The normalized spacial score (nSPS) is 22.2. The number of hydrogen-bond donors (Lipinski definition) is 0. The van der Waals surface area contributed by atoms with Gasteiger partial charge in [-0.1, -0.05) is 19.1 Å². The van der Waals surface area contributed by atoms with Crippen LogP contribution in [-0.4, -0.2) is 26.8 Å². The van der Waals surface area contributed by atoms with Gasteiger partial charge in [0.2, 0.25) is 0 Å². The molecule has 2 aliphatic rings. The molecule has 4 nitrogen and oxygen atoms in total. The lowest BCUT2D eigenvalue weighted by Crippen LogP contribution is -2.28. The van der Waals surface area contributed by atoms with Gasteiger partial charge in [0, 0.05) is 0 Å². The SMILES string of the molecule is COC(=O)C(C)C(c1cccc(OCC2CC(c3cc(OC)ccc3F)C2)c1)C1CC1. The Labute approximate surface area is 183 Å². The summed E-state index contributed by atoms with van der Waals surface area (Å²) in [4.78, 5) is 12.1. The summed E-state index contributed by atoms with van der Waals surface area (Å²) in [6.45, 7) is 2.57. The highest BCUT2D eigenvalue weighted by Gasteiger charge is 2.39. The number of halogens is 1. The average molecular weight is 427 g/mol. The summed E-state index contributed by atoms with van der Waals surface area (Å²) in [5, 5.41) is 0. The minimum absolute atomic E-state index is 0.159. The Morgan fingerprint density at radius 1 is 1.10 bits per heavy atom. The van der Waals surface area contributed by atoms with Crippen LogP contribution in [0.3, 0.4) is 0 Å². The van der Waals surface area contributed by atoms with E-state index in [-0.39, 0.29) is 29.5 Å². The lowest BCUT2D eigenvalue weighted by molar-refractivity contribution is -0.145. The van der Waals surface area contributed by atoms with Gasteiger partial charge in [-0.05, 0) is 90.8 Å². The van der Waals surface area contributed by atoms with Crippen LogP contribution < -0.4 is 9.47 Å². The first kappa shape index (κ1) is 21.7. The first-order valence-electron chi connectivity index (χ1n) is 11.1. The highest BCUT2D eigenvalue weighted by Crippen LogP contribution is 2.48. The second-order valence-electron chi connectivity index (χ2n) is 8.98. The van der Waals surface area contributed by atoms with E-state index in [2.05, 4.69) is 12.1 Å². The van der Waals surface area contributed by atoms with Crippen molar-refractivity contribution < 1.29 is 23.4 Å². The van der Waals surface area contributed by atoms with Crippen molar-refractivity contribution in [3.05, 3.63) is 59.4 Å². The Balaban J connectivity index is 1.35. The van der Waals surface area contributed by atoms with Crippen molar-refractivity contribution in [1.82, 2.24) is 0 Å². The molecule has 0 spiro atoms. The third-order valence-corrected chi connectivity index (χ3v) is 6.85. The lowest BCUT2D eigenvalue weighted by Gasteiger charge is -2.35. The molecule has 166 valence electrons. The van der Waals surface area contributed by atoms with Crippen LogP contribution in [0.15, 0.2) is 42.5 Å². The fourth-order valence-corrected chi connectivity index (χ4v) is 4.87. The molecule has 0 aromatic heterocycles. The topological polar surface area (TPSA) is 44.8 Å². The summed E-state index contributed by atoms with van der Waals surface area (Å²) in [7, 11) is 3.05. The Morgan fingerprint density at radius 2 is 1.87 bits per heavy atom. The Bertz CT molecular complexity index is 917. The summed E-state index contributed by atoms with van der Waals surface area (Å²) in [6.07, 6.45) is 4.13. The van der Waals surface area contributed by atoms with Gasteiger partial charge < -0.3 is 14.2 Å². The average Bonchev–Trinajstić information content (AvgIpc) is 3.58. The zero-order valence-electron chi connectivity index (χ0n) is 18.5. The summed E-state index contributed by atoms with van der Waals surface area (Å²) in [5.41, 5.74) is 1.88. The number of rotatable bonds is 9. The molecule has 0 N–H and O–H groups in total. The van der Waals surface area contributed by atoms with Crippen LogP contribution in [0.25, 0.3) is 0 Å². The van der Waals surface area contributed by atoms with Crippen LogP contribution >= 0.6 is 0 Å². The third kappa shape index (κ3) is 4.86. The van der Waals surface area contributed by atoms with Crippen LogP contribution in [0.4, 0.5) is 4.39 Å². The van der Waals surface area contributed by atoms with E-state index in [9.17, 15) is 9.18 Å². The standard InChI is InChI=1S/C26H31FO4/c1-16(26(28)30-3)25(18-7-8-18)19-5-4-6-22(13-19)31-15-17-11-20(12-17)23-14-21(29-2)9-10-24(23)27/h4-6,9-10,13-14,16-18,20,25H,7-8,11-12,15H2,1-3H3. The van der Waals surface area contributed by atoms with E-state index in [0.717, 1.165) is 42.6 Å². The molecule has 4 rings (SSSR count). The number of esters is 1. The quantitative estimate of drug-likeness (QED) is 0.482. The van der Waals surface area contributed by atoms with Gasteiger partial charge in [-0.2, -0.15) is 0 Å². The van der Waals surface area contributed by atoms with Crippen molar-refractivity contribution in [3.8, 4) is 11.5 Å². The van der Waals surface area contributed by atoms with E-state index in [4.69, 9.17) is 14.2 Å². The second kappa shape index (κ2) is 9.29. The number of carbonyl (C=O) groups excluding carboxylic acids is 1. The molecule has 0 aliphatic heterocycles. The fourth-order valence-electron chi connectivity index (χ4n) is 4.87. The molecule has 5 heteroatoms. The summed E-state index contributed by atoms with van der Waals surface area (Å²) in [6, 6.07) is 13.1. The third-order valence-electron chi connectivity index (χ3n) is 6.85. The van der Waals surface area contributed by atoms with Crippen LogP contribution in [0.5, 0.6) is 11.5 Å². The minimum atomic E-state index is -0.169. The fraction of sp³-hybridized carbons (Fsp3) is 0.500. The number of carbonyl (C=O) groups is 1. The second-order valence-corrected chi connectivity index (χ2v) is 8.98. The van der Waals surface area contributed by atoms with E-state index < -0.39 is 0 Å². The maximum atomic E-state index is 14.2. The Morgan fingerprint density at radius 3 is 2.55 bits per heavy atom. The van der Waals surface area contributed by atoms with Crippen molar-refractivity contribution in [2.75, 3.05) is 20.8 Å². The predicted molar refractivity (Wildman–Crippen MR) is 117 cm³/mol. The van der Waals surface area contributed by atoms with Gasteiger partial charge in [0.1, 0.15) is 17.3 Å². The van der Waals surface area contributed by atoms with Gasteiger partial charge in [-0.3, -0.25) is 4.79 Å². The molecule has 2 saturated carbocycles. The van der Waals surface area contributed by atoms with Gasteiger partial charge >= 0.3 is 5.97 Å². The van der Waals surface area contributed by atoms with Gasteiger partial charge in [-0.15, -0.1) is 0 Å². The zero-order valence-corrected chi connectivity index (χ0v) is 18.5. The van der Waals surface area contributed by atoms with Crippen LogP contribution in [0.2, 0.25) is 0 Å². The number of ether oxygens (including phenoxy) is 3. The van der Waals surface area contributed by atoms with E-state index in [1.54, 1.807) is 19.2 Å². The zero-order chi connectivity index (χ0) is 22.0. The maximum Gasteiger partial charge on any atom is 0.309 e. The molecule has 2 fully saturated rings. The molecule has 2 aromatic carbocycles. The summed E-state index contributed by atoms with van der Waals surface area (Å²) < 4.78 is 30.5. The van der Waals surface area contributed by atoms with E-state index >= 15 is 0 Å². The maximum absolute atomic E-state index is 14.2. The number of hydrogen-bond acceptors (Lipinski definition) is 4. The van der Waals surface area contributed by atoms with Crippen molar-refractivity contribution in [3.63, 3.8) is 0 Å². The van der Waals surface area contributed by atoms with Gasteiger partial charge in [0.25, 0.3) is 0 Å². The molecule has 2 atom stereocenters. The first-order valence-corrected chi connectivity index (χ1v) is 11.1. The highest BCUT2D eigenvalue weighted by atomic mass is 19.1. The monoisotopic (exact) mass is 426 g/mol. The van der Waals surface area contributed by atoms with Crippen molar-refractivity contribution in [2.24, 2.45) is 17.8 Å². The Hall–Kier alpha value is -2.56. The molecule has 2 unspecified atom stereocenters. The molecule has 0 saturated heterocycles. The molecule has 0 radical (unpaired) electrons. The highest BCUT2D eigenvalue weighted by molar-refractivity contribution is 5.73. The molecular weight excluding hydrogens is 395 g/mol. The van der Waals surface area contributed by atoms with Gasteiger partial charge in [0.05, 0.1) is 26.7 Å². The van der Waals surface area contributed by atoms with Crippen LogP contribution in [0, 0.1) is 23.6 Å². The van der Waals surface area contributed by atoms with Gasteiger partial charge in [0.15, 0.2) is 0 Å². The summed E-state index contributed by atoms with van der Waals surface area (Å²) >= 11 is 0.